The Balaban J connectivity index is 2.71. The Morgan fingerprint density at radius 1 is 1.44 bits per heavy atom. The zero-order chi connectivity index (χ0) is 13.7. The molecule has 1 atom stereocenters. The third-order valence-electron chi connectivity index (χ3n) is 2.44. The van der Waals surface area contributed by atoms with Crippen molar-refractivity contribution in [1.29, 1.82) is 0 Å². The van der Waals surface area contributed by atoms with Crippen LogP contribution >= 0.6 is 0 Å². The quantitative estimate of drug-likeness (QED) is 0.815. The molecule has 0 saturated carbocycles. The van der Waals surface area contributed by atoms with Gasteiger partial charge in [-0.05, 0) is 19.3 Å². The van der Waals surface area contributed by atoms with Crippen LogP contribution in [-0.2, 0) is 4.79 Å². The molecular weight excluding hydrogens is 234 g/mol. The number of rotatable bonds is 5. The highest BCUT2D eigenvalue weighted by molar-refractivity contribution is 5.96. The highest BCUT2D eigenvalue weighted by Gasteiger charge is 2.22. The molecule has 0 aliphatic carbocycles. The molecule has 0 aromatic carbocycles. The van der Waals surface area contributed by atoms with Crippen LogP contribution in [0.25, 0.3) is 0 Å². The van der Waals surface area contributed by atoms with Gasteiger partial charge in [-0.15, -0.1) is 0 Å². The van der Waals surface area contributed by atoms with Crippen molar-refractivity contribution in [3.63, 3.8) is 0 Å². The number of hydrogen-bond donors (Lipinski definition) is 2. The van der Waals surface area contributed by atoms with Crippen molar-refractivity contribution in [2.45, 2.75) is 33.2 Å². The number of aryl methyl sites for hydroxylation is 1. The van der Waals surface area contributed by atoms with Crippen molar-refractivity contribution in [3.05, 3.63) is 17.5 Å². The lowest BCUT2D eigenvalue weighted by atomic mass is 10.0. The molecule has 2 N–H and O–H groups in total. The normalized spacial score (nSPS) is 12.3. The number of likely N-dealkylation sites (N-methyl/N-ethyl adjacent to an activating group) is 1. The molecule has 1 aromatic rings. The third-order valence-corrected chi connectivity index (χ3v) is 2.44. The molecule has 1 aromatic heterocycles. The van der Waals surface area contributed by atoms with Crippen molar-refractivity contribution in [2.24, 2.45) is 5.92 Å². The topological polar surface area (TPSA) is 84.2 Å². The van der Waals surface area contributed by atoms with E-state index in [1.807, 2.05) is 13.8 Å². The molecular formula is C12H19N3O3. The zero-order valence-corrected chi connectivity index (χ0v) is 11.1. The Kier molecular flexibility index (Phi) is 4.88. The second-order valence-electron chi connectivity index (χ2n) is 4.59. The van der Waals surface area contributed by atoms with Gasteiger partial charge >= 0.3 is 0 Å². The first-order valence-corrected chi connectivity index (χ1v) is 5.89. The summed E-state index contributed by atoms with van der Waals surface area (Å²) in [7, 11) is 1.54. The van der Waals surface area contributed by atoms with Crippen LogP contribution < -0.4 is 10.6 Å². The maximum atomic E-state index is 11.9. The van der Waals surface area contributed by atoms with Gasteiger partial charge in [-0.3, -0.25) is 9.59 Å². The van der Waals surface area contributed by atoms with Gasteiger partial charge in [0.05, 0.1) is 0 Å². The molecule has 6 nitrogen and oxygen atoms in total. The van der Waals surface area contributed by atoms with E-state index in [0.29, 0.717) is 18.1 Å². The Labute approximate surface area is 106 Å². The lowest BCUT2D eigenvalue weighted by Crippen LogP contribution is -2.46. The summed E-state index contributed by atoms with van der Waals surface area (Å²) in [5, 5.41) is 8.80. The summed E-state index contributed by atoms with van der Waals surface area (Å²) in [6.45, 7) is 5.68. The first-order valence-electron chi connectivity index (χ1n) is 5.89. The van der Waals surface area contributed by atoms with Gasteiger partial charge in [0.2, 0.25) is 5.91 Å². The fraction of sp³-hybridized carbons (Fsp3) is 0.583. The smallest absolute Gasteiger partial charge is 0.274 e. The van der Waals surface area contributed by atoms with Crippen molar-refractivity contribution in [2.75, 3.05) is 7.05 Å². The van der Waals surface area contributed by atoms with Crippen molar-refractivity contribution in [1.82, 2.24) is 15.8 Å². The summed E-state index contributed by atoms with van der Waals surface area (Å²) in [5.74, 6) is 0.241. The number of nitrogens with one attached hydrogen (secondary N) is 2. The van der Waals surface area contributed by atoms with Gasteiger partial charge in [0.25, 0.3) is 5.91 Å². The molecule has 0 bridgehead atoms. The molecule has 0 radical (unpaired) electrons. The number of amides is 2. The summed E-state index contributed by atoms with van der Waals surface area (Å²) in [6.07, 6.45) is 0.572. The monoisotopic (exact) mass is 253 g/mol. The Morgan fingerprint density at radius 2 is 2.11 bits per heavy atom. The van der Waals surface area contributed by atoms with Crippen LogP contribution in [0, 0.1) is 12.8 Å². The summed E-state index contributed by atoms with van der Waals surface area (Å²) in [6, 6.07) is 0.977. The van der Waals surface area contributed by atoms with Gasteiger partial charge in [-0.1, -0.05) is 19.0 Å². The van der Waals surface area contributed by atoms with Crippen molar-refractivity contribution >= 4 is 11.8 Å². The Hall–Kier alpha value is -1.85. The summed E-state index contributed by atoms with van der Waals surface area (Å²) < 4.78 is 4.82. The molecule has 1 heterocycles. The van der Waals surface area contributed by atoms with E-state index in [0.717, 1.165) is 0 Å². The summed E-state index contributed by atoms with van der Waals surface area (Å²) >= 11 is 0. The molecule has 0 unspecified atom stereocenters. The number of carbonyl (C=O) groups is 2. The van der Waals surface area contributed by atoms with Crippen LogP contribution in [0.4, 0.5) is 0 Å². The first kappa shape index (κ1) is 14.2. The predicted molar refractivity (Wildman–Crippen MR) is 66.0 cm³/mol. The highest BCUT2D eigenvalue weighted by Crippen LogP contribution is 2.07. The van der Waals surface area contributed by atoms with Gasteiger partial charge in [0.15, 0.2) is 5.69 Å². The number of hydrogen-bond acceptors (Lipinski definition) is 4. The van der Waals surface area contributed by atoms with E-state index in [9.17, 15) is 9.59 Å². The van der Waals surface area contributed by atoms with Crippen molar-refractivity contribution < 1.29 is 14.1 Å². The average Bonchev–Trinajstić information content (AvgIpc) is 2.73. The maximum absolute atomic E-state index is 11.9. The standard InChI is InChI=1S/C12H19N3O3/c1-7(2)5-9(11(16)13-4)14-12(17)10-6-8(3)18-15-10/h6-7,9H,5H2,1-4H3,(H,13,16)(H,14,17)/t9-/m0/s1. The van der Waals surface area contributed by atoms with E-state index in [-0.39, 0.29) is 11.6 Å². The minimum atomic E-state index is -0.556. The second-order valence-corrected chi connectivity index (χ2v) is 4.59. The lowest BCUT2D eigenvalue weighted by molar-refractivity contribution is -0.122. The van der Waals surface area contributed by atoms with E-state index in [2.05, 4.69) is 15.8 Å². The minimum absolute atomic E-state index is 0.185. The van der Waals surface area contributed by atoms with E-state index in [1.54, 1.807) is 14.0 Å². The van der Waals surface area contributed by atoms with E-state index in [1.165, 1.54) is 6.07 Å². The van der Waals surface area contributed by atoms with Gasteiger partial charge in [0, 0.05) is 13.1 Å². The van der Waals surface area contributed by atoms with E-state index < -0.39 is 11.9 Å². The van der Waals surface area contributed by atoms with Crippen LogP contribution in [0.3, 0.4) is 0 Å². The molecule has 1 rings (SSSR count). The van der Waals surface area contributed by atoms with Crippen LogP contribution in [0.15, 0.2) is 10.6 Å². The Morgan fingerprint density at radius 3 is 2.56 bits per heavy atom. The average molecular weight is 253 g/mol. The molecule has 18 heavy (non-hydrogen) atoms. The Bertz CT molecular complexity index is 426. The van der Waals surface area contributed by atoms with Crippen molar-refractivity contribution in [3.8, 4) is 0 Å². The zero-order valence-electron chi connectivity index (χ0n) is 11.1. The van der Waals surface area contributed by atoms with Gasteiger partial charge in [-0.25, -0.2) is 0 Å². The second kappa shape index (κ2) is 6.18. The van der Waals surface area contributed by atoms with Crippen LogP contribution in [0.2, 0.25) is 0 Å². The largest absolute Gasteiger partial charge is 0.361 e. The van der Waals surface area contributed by atoms with Gasteiger partial charge in [-0.2, -0.15) is 0 Å². The van der Waals surface area contributed by atoms with Crippen LogP contribution in [0.1, 0.15) is 36.5 Å². The summed E-state index contributed by atoms with van der Waals surface area (Å²) in [4.78, 5) is 23.5. The fourth-order valence-electron chi connectivity index (χ4n) is 1.58. The van der Waals surface area contributed by atoms with Crippen LogP contribution in [-0.4, -0.2) is 30.1 Å². The van der Waals surface area contributed by atoms with Gasteiger partial charge in [0.1, 0.15) is 11.8 Å². The number of carbonyl (C=O) groups excluding carboxylic acids is 2. The third kappa shape index (κ3) is 3.87. The molecule has 6 heteroatoms. The molecule has 0 aliphatic heterocycles. The van der Waals surface area contributed by atoms with Gasteiger partial charge < -0.3 is 15.2 Å². The predicted octanol–water partition coefficient (Wildman–Crippen LogP) is 0.874. The number of nitrogens with zero attached hydrogens (tertiary/aromatic N) is 1. The summed E-state index contributed by atoms with van der Waals surface area (Å²) in [5.41, 5.74) is 0.185. The maximum Gasteiger partial charge on any atom is 0.274 e. The molecule has 2 amide bonds. The minimum Gasteiger partial charge on any atom is -0.361 e. The SMILES string of the molecule is CNC(=O)[C@H](CC(C)C)NC(=O)c1cc(C)on1. The first-order chi connectivity index (χ1) is 8.43. The van der Waals surface area contributed by atoms with E-state index in [4.69, 9.17) is 4.52 Å². The van der Waals surface area contributed by atoms with E-state index >= 15 is 0 Å². The van der Waals surface area contributed by atoms with Crippen LogP contribution in [0.5, 0.6) is 0 Å². The molecule has 0 aliphatic rings. The molecule has 0 saturated heterocycles. The highest BCUT2D eigenvalue weighted by atomic mass is 16.5. The number of aromatic nitrogens is 1. The molecule has 100 valence electrons. The fourth-order valence-corrected chi connectivity index (χ4v) is 1.58. The lowest BCUT2D eigenvalue weighted by Gasteiger charge is -2.18. The molecule has 0 spiro atoms. The molecule has 0 fully saturated rings.